The molecule has 26 heavy (non-hydrogen) atoms. The van der Waals surface area contributed by atoms with Crippen LogP contribution in [0.3, 0.4) is 0 Å². The van der Waals surface area contributed by atoms with Crippen LogP contribution in [0.25, 0.3) is 0 Å². The normalized spacial score (nSPS) is 10.8. The van der Waals surface area contributed by atoms with Crippen molar-refractivity contribution < 1.29 is 4.74 Å². The molecule has 0 aliphatic heterocycles. The summed E-state index contributed by atoms with van der Waals surface area (Å²) >= 11 is 0. The van der Waals surface area contributed by atoms with Crippen molar-refractivity contribution in [1.82, 2.24) is 4.98 Å². The summed E-state index contributed by atoms with van der Waals surface area (Å²) in [6, 6.07) is 13.0. The molecule has 0 bridgehead atoms. The first-order chi connectivity index (χ1) is 12.8. The number of aryl methyl sites for hydroxylation is 3. The van der Waals surface area contributed by atoms with Gasteiger partial charge in [-0.3, -0.25) is 4.98 Å². The van der Waals surface area contributed by atoms with Crippen molar-refractivity contribution in [3.8, 4) is 5.75 Å². The van der Waals surface area contributed by atoms with Gasteiger partial charge in [0.1, 0.15) is 5.75 Å². The van der Waals surface area contributed by atoms with E-state index < -0.39 is 0 Å². The molecule has 0 aliphatic rings. The maximum atomic E-state index is 5.78. The molecule has 0 aliphatic carbocycles. The molecule has 2 rings (SSSR count). The molecule has 2 aromatic rings. The molecule has 0 fully saturated rings. The van der Waals surface area contributed by atoms with E-state index in [-0.39, 0.29) is 0 Å². The summed E-state index contributed by atoms with van der Waals surface area (Å²) < 4.78 is 5.78. The van der Waals surface area contributed by atoms with Gasteiger partial charge in [0.25, 0.3) is 0 Å². The van der Waals surface area contributed by atoms with Crippen LogP contribution < -0.4 is 4.74 Å². The van der Waals surface area contributed by atoms with E-state index in [4.69, 9.17) is 4.74 Å². The van der Waals surface area contributed by atoms with Crippen LogP contribution in [0.1, 0.15) is 75.6 Å². The summed E-state index contributed by atoms with van der Waals surface area (Å²) in [4.78, 5) is 4.63. The number of pyridine rings is 1. The Morgan fingerprint density at radius 1 is 0.692 bits per heavy atom. The molecule has 2 heteroatoms. The summed E-state index contributed by atoms with van der Waals surface area (Å²) in [7, 11) is 0. The third kappa shape index (κ3) is 8.03. The maximum absolute atomic E-state index is 5.78. The minimum atomic E-state index is 0.823. The standard InChI is InChI=1S/C24H35NO/c1-3-5-7-8-10-23-16-13-22(20-25-23)12-11-21-14-17-24(18-15-21)26-19-9-6-4-2/h13-18,20H,3-12,19H2,1-2H3. The first kappa shape index (κ1) is 20.5. The van der Waals surface area contributed by atoms with E-state index in [0.29, 0.717) is 0 Å². The molecule has 2 nitrogen and oxygen atoms in total. The number of rotatable bonds is 13. The Kier molecular flexibility index (Phi) is 9.86. The Hall–Kier alpha value is -1.83. The highest BCUT2D eigenvalue weighted by Gasteiger charge is 2.00. The molecule has 1 aromatic carbocycles. The smallest absolute Gasteiger partial charge is 0.119 e. The lowest BCUT2D eigenvalue weighted by molar-refractivity contribution is 0.306. The summed E-state index contributed by atoms with van der Waals surface area (Å²) in [5.41, 5.74) is 3.91. The van der Waals surface area contributed by atoms with Crippen molar-refractivity contribution in [3.05, 3.63) is 59.4 Å². The minimum absolute atomic E-state index is 0.823. The van der Waals surface area contributed by atoms with Crippen LogP contribution in [-0.4, -0.2) is 11.6 Å². The van der Waals surface area contributed by atoms with Gasteiger partial charge in [-0.2, -0.15) is 0 Å². The Balaban J connectivity index is 1.70. The van der Waals surface area contributed by atoms with Crippen LogP contribution in [0.2, 0.25) is 0 Å². The Morgan fingerprint density at radius 3 is 2.08 bits per heavy atom. The van der Waals surface area contributed by atoms with E-state index in [1.807, 2.05) is 0 Å². The molecule has 0 atom stereocenters. The second kappa shape index (κ2) is 12.5. The number of ether oxygens (including phenoxy) is 1. The van der Waals surface area contributed by atoms with Crippen LogP contribution in [0.15, 0.2) is 42.6 Å². The van der Waals surface area contributed by atoms with E-state index in [0.717, 1.165) is 38.0 Å². The molecular formula is C24H35NO. The highest BCUT2D eigenvalue weighted by molar-refractivity contribution is 5.28. The predicted octanol–water partition coefficient (Wildman–Crippen LogP) is 6.56. The van der Waals surface area contributed by atoms with Gasteiger partial charge in [0.2, 0.25) is 0 Å². The molecule has 0 saturated heterocycles. The fourth-order valence-corrected chi connectivity index (χ4v) is 3.07. The molecule has 0 spiro atoms. The van der Waals surface area contributed by atoms with Gasteiger partial charge < -0.3 is 4.74 Å². The quantitative estimate of drug-likeness (QED) is 0.380. The lowest BCUT2D eigenvalue weighted by atomic mass is 10.0. The average molecular weight is 354 g/mol. The van der Waals surface area contributed by atoms with E-state index in [1.54, 1.807) is 0 Å². The molecule has 0 N–H and O–H groups in total. The largest absolute Gasteiger partial charge is 0.494 e. The molecular weight excluding hydrogens is 318 g/mol. The van der Waals surface area contributed by atoms with E-state index in [1.165, 1.54) is 55.3 Å². The van der Waals surface area contributed by atoms with Crippen LogP contribution in [-0.2, 0) is 19.3 Å². The molecule has 0 radical (unpaired) electrons. The first-order valence-corrected chi connectivity index (χ1v) is 10.5. The van der Waals surface area contributed by atoms with E-state index >= 15 is 0 Å². The number of hydrogen-bond acceptors (Lipinski definition) is 2. The van der Waals surface area contributed by atoms with Crippen molar-refractivity contribution in [2.75, 3.05) is 6.61 Å². The summed E-state index contributed by atoms with van der Waals surface area (Å²) in [6.45, 7) is 5.29. The lowest BCUT2D eigenvalue weighted by Crippen LogP contribution is -1.98. The molecule has 142 valence electrons. The maximum Gasteiger partial charge on any atom is 0.119 e. The van der Waals surface area contributed by atoms with Crippen LogP contribution in [0.5, 0.6) is 5.75 Å². The number of hydrogen-bond donors (Lipinski definition) is 0. The zero-order valence-electron chi connectivity index (χ0n) is 16.7. The number of nitrogens with zero attached hydrogens (tertiary/aromatic N) is 1. The second-order valence-electron chi connectivity index (χ2n) is 7.17. The van der Waals surface area contributed by atoms with Crippen molar-refractivity contribution in [2.45, 2.75) is 78.1 Å². The van der Waals surface area contributed by atoms with Crippen LogP contribution >= 0.6 is 0 Å². The summed E-state index contributed by atoms with van der Waals surface area (Å²) in [6.07, 6.45) is 14.1. The van der Waals surface area contributed by atoms with Crippen LogP contribution in [0.4, 0.5) is 0 Å². The monoisotopic (exact) mass is 353 g/mol. The van der Waals surface area contributed by atoms with Crippen molar-refractivity contribution in [3.63, 3.8) is 0 Å². The molecule has 1 heterocycles. The van der Waals surface area contributed by atoms with Gasteiger partial charge >= 0.3 is 0 Å². The van der Waals surface area contributed by atoms with Gasteiger partial charge in [0.05, 0.1) is 6.61 Å². The Labute approximate surface area is 160 Å². The van der Waals surface area contributed by atoms with E-state index in [2.05, 4.69) is 61.4 Å². The van der Waals surface area contributed by atoms with Crippen molar-refractivity contribution in [2.24, 2.45) is 0 Å². The van der Waals surface area contributed by atoms with Crippen molar-refractivity contribution >= 4 is 0 Å². The molecule has 0 unspecified atom stereocenters. The zero-order valence-corrected chi connectivity index (χ0v) is 16.7. The van der Waals surface area contributed by atoms with Gasteiger partial charge in [-0.05, 0) is 61.4 Å². The summed E-state index contributed by atoms with van der Waals surface area (Å²) in [5.74, 6) is 0.985. The van der Waals surface area contributed by atoms with Gasteiger partial charge in [-0.1, -0.05) is 64.2 Å². The van der Waals surface area contributed by atoms with Crippen molar-refractivity contribution in [1.29, 1.82) is 0 Å². The lowest BCUT2D eigenvalue weighted by Gasteiger charge is -2.07. The fraction of sp³-hybridized carbons (Fsp3) is 0.542. The predicted molar refractivity (Wildman–Crippen MR) is 111 cm³/mol. The third-order valence-corrected chi connectivity index (χ3v) is 4.81. The van der Waals surface area contributed by atoms with Gasteiger partial charge in [-0.25, -0.2) is 0 Å². The Bertz CT molecular complexity index is 533. The fourth-order valence-electron chi connectivity index (χ4n) is 3.07. The minimum Gasteiger partial charge on any atom is -0.494 e. The Morgan fingerprint density at radius 2 is 1.38 bits per heavy atom. The molecule has 0 saturated carbocycles. The second-order valence-corrected chi connectivity index (χ2v) is 7.17. The van der Waals surface area contributed by atoms with Gasteiger partial charge in [0.15, 0.2) is 0 Å². The number of benzene rings is 1. The van der Waals surface area contributed by atoms with Crippen LogP contribution in [0, 0.1) is 0 Å². The van der Waals surface area contributed by atoms with Gasteiger partial charge in [0, 0.05) is 11.9 Å². The zero-order chi connectivity index (χ0) is 18.5. The SMILES string of the molecule is CCCCCCc1ccc(CCc2ccc(OCCCCC)cc2)cn1. The average Bonchev–Trinajstić information content (AvgIpc) is 2.69. The number of unbranched alkanes of at least 4 members (excludes halogenated alkanes) is 5. The molecule has 0 amide bonds. The molecule has 1 aromatic heterocycles. The first-order valence-electron chi connectivity index (χ1n) is 10.5. The topological polar surface area (TPSA) is 22.1 Å². The summed E-state index contributed by atoms with van der Waals surface area (Å²) in [5, 5.41) is 0. The third-order valence-electron chi connectivity index (χ3n) is 4.81. The number of aromatic nitrogens is 1. The van der Waals surface area contributed by atoms with Gasteiger partial charge in [-0.15, -0.1) is 0 Å². The highest BCUT2D eigenvalue weighted by atomic mass is 16.5. The van der Waals surface area contributed by atoms with E-state index in [9.17, 15) is 0 Å². The highest BCUT2D eigenvalue weighted by Crippen LogP contribution is 2.15.